The summed E-state index contributed by atoms with van der Waals surface area (Å²) >= 11 is 0. The lowest BCUT2D eigenvalue weighted by molar-refractivity contribution is 0.198. The first-order chi connectivity index (χ1) is 6.66. The third kappa shape index (κ3) is 13.5. The molecule has 1 fully saturated rings. The minimum atomic E-state index is -1.33. The highest BCUT2D eigenvalue weighted by molar-refractivity contribution is 5.85. The number of nitrogens with two attached hydrogens (primary N) is 1. The van der Waals surface area contributed by atoms with Crippen LogP contribution >= 0.6 is 12.4 Å². The zero-order valence-electron chi connectivity index (χ0n) is 8.89. The fraction of sp³-hybridized carbons (Fsp3) is 0.889. The minimum absolute atomic E-state index is 0. The molecule has 1 aliphatic heterocycles. The Bertz CT molecular complexity index is 148. The predicted octanol–water partition coefficient (Wildman–Crippen LogP) is 0.900. The van der Waals surface area contributed by atoms with E-state index in [0.29, 0.717) is 6.61 Å². The summed E-state index contributed by atoms with van der Waals surface area (Å²) in [4.78, 5) is 11.2. The fourth-order valence-corrected chi connectivity index (χ4v) is 1.48. The summed E-state index contributed by atoms with van der Waals surface area (Å²) in [6.45, 7) is 3.94. The number of hydrogen-bond donors (Lipinski definition) is 3. The van der Waals surface area contributed by atoms with Crippen molar-refractivity contribution in [3.8, 4) is 0 Å². The second-order valence-electron chi connectivity index (χ2n) is 3.32. The fourth-order valence-electron chi connectivity index (χ4n) is 1.48. The van der Waals surface area contributed by atoms with E-state index in [2.05, 4.69) is 10.6 Å². The van der Waals surface area contributed by atoms with Crippen molar-refractivity contribution in [2.24, 2.45) is 5.73 Å². The van der Waals surface area contributed by atoms with Gasteiger partial charge in [0.25, 0.3) is 0 Å². The van der Waals surface area contributed by atoms with Crippen LogP contribution < -0.4 is 5.73 Å². The maximum absolute atomic E-state index is 8.78. The molecule has 5 nitrogen and oxygen atoms in total. The number of rotatable bonds is 3. The van der Waals surface area contributed by atoms with Crippen LogP contribution in [0.4, 0.5) is 4.79 Å². The van der Waals surface area contributed by atoms with E-state index in [1.807, 2.05) is 0 Å². The molecule has 0 bridgehead atoms. The van der Waals surface area contributed by atoms with Gasteiger partial charge in [0, 0.05) is 13.2 Å². The predicted molar refractivity (Wildman–Crippen MR) is 61.5 cm³/mol. The number of amides is 1. The van der Waals surface area contributed by atoms with E-state index in [0.717, 1.165) is 13.0 Å². The Hall–Kier alpha value is -0.520. The summed E-state index contributed by atoms with van der Waals surface area (Å²) in [5, 5.41) is 15.8. The van der Waals surface area contributed by atoms with Gasteiger partial charge in [-0.2, -0.15) is 0 Å². The highest BCUT2D eigenvalue weighted by Crippen LogP contribution is 2.08. The van der Waals surface area contributed by atoms with E-state index in [1.54, 1.807) is 0 Å². The van der Waals surface area contributed by atoms with Crippen LogP contribution in [0.5, 0.6) is 0 Å². The largest absolute Gasteiger partial charge is 0.465 e. The summed E-state index contributed by atoms with van der Waals surface area (Å²) < 4.78 is 0. The van der Waals surface area contributed by atoms with E-state index < -0.39 is 6.09 Å². The summed E-state index contributed by atoms with van der Waals surface area (Å²) in [5.74, 6) is 0. The van der Waals surface area contributed by atoms with Gasteiger partial charge in [0.05, 0.1) is 0 Å². The van der Waals surface area contributed by atoms with Crippen molar-refractivity contribution >= 4 is 18.5 Å². The normalized spacial score (nSPS) is 15.8. The number of aliphatic hydroxyl groups is 1. The second-order valence-corrected chi connectivity index (χ2v) is 3.32. The molecule has 1 rings (SSSR count). The number of halogens is 1. The minimum Gasteiger partial charge on any atom is -0.465 e. The molecule has 0 aromatic rings. The zero-order valence-corrected chi connectivity index (χ0v) is 9.71. The molecular weight excluding hydrogens is 220 g/mol. The van der Waals surface area contributed by atoms with Crippen LogP contribution in [0.15, 0.2) is 0 Å². The molecule has 92 valence electrons. The molecule has 0 aliphatic carbocycles. The number of carboxylic acid groups (broad SMARTS) is 1. The lowest BCUT2D eigenvalue weighted by Crippen LogP contribution is -2.30. The Morgan fingerprint density at radius 1 is 1.27 bits per heavy atom. The lowest BCUT2D eigenvalue weighted by atomic mass is 10.1. The van der Waals surface area contributed by atoms with Crippen molar-refractivity contribution in [2.75, 3.05) is 26.2 Å². The quantitative estimate of drug-likeness (QED) is 0.684. The molecule has 0 unspecified atom stereocenters. The third-order valence-electron chi connectivity index (χ3n) is 2.08. The Morgan fingerprint density at radius 2 is 1.73 bits per heavy atom. The van der Waals surface area contributed by atoms with Crippen LogP contribution in [-0.2, 0) is 0 Å². The Morgan fingerprint density at radius 3 is 2.13 bits per heavy atom. The van der Waals surface area contributed by atoms with Gasteiger partial charge in [0.15, 0.2) is 0 Å². The van der Waals surface area contributed by atoms with Gasteiger partial charge in [-0.1, -0.05) is 6.42 Å². The molecule has 0 saturated carbocycles. The average Bonchev–Trinajstić information content (AvgIpc) is 2.15. The topological polar surface area (TPSA) is 86.8 Å². The number of aliphatic hydroxyl groups excluding tert-OH is 1. The standard InChI is InChI=1S/C8H17NO.CH3NO2.ClH/c10-8-4-7-9-5-2-1-3-6-9;2-1(3)4;/h10H,1-8H2;2H2,(H,3,4);1H. The van der Waals surface area contributed by atoms with Gasteiger partial charge in [-0.15, -0.1) is 12.4 Å². The summed E-state index contributed by atoms with van der Waals surface area (Å²) in [6.07, 6.45) is 3.71. The molecule has 1 aliphatic rings. The number of hydrogen-bond acceptors (Lipinski definition) is 3. The summed E-state index contributed by atoms with van der Waals surface area (Å²) in [5.41, 5.74) is 4.03. The summed E-state index contributed by atoms with van der Waals surface area (Å²) in [6, 6.07) is 0. The molecule has 0 atom stereocenters. The van der Waals surface area contributed by atoms with E-state index in [9.17, 15) is 0 Å². The molecule has 0 aromatic heterocycles. The van der Waals surface area contributed by atoms with Gasteiger partial charge in [-0.25, -0.2) is 4.79 Å². The van der Waals surface area contributed by atoms with Crippen molar-refractivity contribution in [1.82, 2.24) is 4.90 Å². The van der Waals surface area contributed by atoms with Crippen LogP contribution in [0.25, 0.3) is 0 Å². The lowest BCUT2D eigenvalue weighted by Gasteiger charge is -2.25. The van der Waals surface area contributed by atoms with Crippen LogP contribution in [-0.4, -0.2) is 47.4 Å². The van der Waals surface area contributed by atoms with Crippen LogP contribution in [0.3, 0.4) is 0 Å². The Kier molecular flexibility index (Phi) is 13.0. The first-order valence-electron chi connectivity index (χ1n) is 4.98. The Labute approximate surface area is 96.7 Å². The molecule has 0 aromatic carbocycles. The molecule has 1 heterocycles. The van der Waals surface area contributed by atoms with Gasteiger partial charge in [-0.05, 0) is 32.4 Å². The van der Waals surface area contributed by atoms with Crippen molar-refractivity contribution in [3.63, 3.8) is 0 Å². The Balaban J connectivity index is 0. The molecule has 1 amide bonds. The van der Waals surface area contributed by atoms with E-state index in [-0.39, 0.29) is 12.4 Å². The van der Waals surface area contributed by atoms with E-state index in [1.165, 1.54) is 32.4 Å². The van der Waals surface area contributed by atoms with Gasteiger partial charge < -0.3 is 20.8 Å². The summed E-state index contributed by atoms with van der Waals surface area (Å²) in [7, 11) is 0. The smallest absolute Gasteiger partial charge is 0.402 e. The number of carbonyl (C=O) groups is 1. The molecule has 6 heteroatoms. The van der Waals surface area contributed by atoms with E-state index in [4.69, 9.17) is 15.0 Å². The van der Waals surface area contributed by atoms with Crippen molar-refractivity contribution in [3.05, 3.63) is 0 Å². The highest BCUT2D eigenvalue weighted by atomic mass is 35.5. The van der Waals surface area contributed by atoms with Gasteiger partial charge in [0.2, 0.25) is 0 Å². The van der Waals surface area contributed by atoms with Crippen LogP contribution in [0.2, 0.25) is 0 Å². The molecule has 15 heavy (non-hydrogen) atoms. The van der Waals surface area contributed by atoms with Crippen molar-refractivity contribution in [2.45, 2.75) is 25.7 Å². The van der Waals surface area contributed by atoms with E-state index >= 15 is 0 Å². The van der Waals surface area contributed by atoms with Gasteiger partial charge >= 0.3 is 6.09 Å². The second kappa shape index (κ2) is 11.6. The maximum Gasteiger partial charge on any atom is 0.402 e. The van der Waals surface area contributed by atoms with Crippen molar-refractivity contribution in [1.29, 1.82) is 0 Å². The monoisotopic (exact) mass is 240 g/mol. The molecule has 0 spiro atoms. The van der Waals surface area contributed by atoms with Gasteiger partial charge in [-0.3, -0.25) is 0 Å². The first-order valence-corrected chi connectivity index (χ1v) is 4.98. The number of likely N-dealkylation sites (tertiary alicyclic amines) is 1. The van der Waals surface area contributed by atoms with Crippen molar-refractivity contribution < 1.29 is 15.0 Å². The molecule has 4 N–H and O–H groups in total. The zero-order chi connectivity index (χ0) is 10.8. The van der Waals surface area contributed by atoms with Crippen LogP contribution in [0, 0.1) is 0 Å². The highest BCUT2D eigenvalue weighted by Gasteiger charge is 2.07. The number of primary amides is 1. The molecule has 1 saturated heterocycles. The number of nitrogens with zero attached hydrogens (tertiary/aromatic N) is 1. The molecule has 0 radical (unpaired) electrons. The third-order valence-corrected chi connectivity index (χ3v) is 2.08. The SMILES string of the molecule is Cl.NC(=O)O.OCCCN1CCCCC1. The molecular formula is C9H21ClN2O3. The first kappa shape index (κ1) is 16.9. The van der Waals surface area contributed by atoms with Gasteiger partial charge in [0.1, 0.15) is 0 Å². The average molecular weight is 241 g/mol. The maximum atomic E-state index is 8.78. The van der Waals surface area contributed by atoms with Crippen LogP contribution in [0.1, 0.15) is 25.7 Å². The number of piperidine rings is 1.